The summed E-state index contributed by atoms with van der Waals surface area (Å²) >= 11 is 0. The highest BCUT2D eigenvalue weighted by Gasteiger charge is 2.19. The van der Waals surface area contributed by atoms with Crippen LogP contribution in [-0.4, -0.2) is 23.5 Å². The number of carbonyl (C=O) groups is 2. The van der Waals surface area contributed by atoms with E-state index in [0.29, 0.717) is 5.56 Å². The summed E-state index contributed by atoms with van der Waals surface area (Å²) in [6, 6.07) is 7.18. The van der Waals surface area contributed by atoms with Crippen molar-refractivity contribution in [1.82, 2.24) is 5.32 Å². The number of rotatable bonds is 4. The van der Waals surface area contributed by atoms with Gasteiger partial charge in [-0.05, 0) is 40.2 Å². The summed E-state index contributed by atoms with van der Waals surface area (Å²) in [7, 11) is 0. The summed E-state index contributed by atoms with van der Waals surface area (Å²) in [5, 5.41) is 2.67. The molecule has 0 heterocycles. The Labute approximate surface area is 120 Å². The molecule has 0 saturated carbocycles. The van der Waals surface area contributed by atoms with Gasteiger partial charge in [-0.2, -0.15) is 0 Å². The third kappa shape index (κ3) is 5.43. The maximum absolute atomic E-state index is 12.2. The summed E-state index contributed by atoms with van der Waals surface area (Å²) in [5.74, 6) is 0.0201. The van der Waals surface area contributed by atoms with E-state index in [-0.39, 0.29) is 18.2 Å². The van der Waals surface area contributed by atoms with Crippen LogP contribution in [0.15, 0.2) is 24.3 Å². The van der Waals surface area contributed by atoms with Gasteiger partial charge in [0.05, 0.1) is 0 Å². The van der Waals surface area contributed by atoms with Gasteiger partial charge in [0.2, 0.25) is 0 Å². The van der Waals surface area contributed by atoms with Crippen molar-refractivity contribution in [3.05, 3.63) is 35.4 Å². The van der Waals surface area contributed by atoms with Gasteiger partial charge in [-0.3, -0.25) is 4.79 Å². The number of Topliss-reactive ketones (excluding diaryl/α,β-unsaturated/α-hetero) is 1. The van der Waals surface area contributed by atoms with Crippen molar-refractivity contribution in [2.45, 2.75) is 52.7 Å². The first kappa shape index (κ1) is 16.2. The smallest absolute Gasteiger partial charge is 0.407 e. The summed E-state index contributed by atoms with van der Waals surface area (Å²) in [5.41, 5.74) is 1.11. The van der Waals surface area contributed by atoms with E-state index in [1.807, 2.05) is 25.1 Å². The molecule has 0 fully saturated rings. The van der Waals surface area contributed by atoms with Crippen molar-refractivity contribution < 1.29 is 14.3 Å². The third-order valence-corrected chi connectivity index (χ3v) is 2.70. The van der Waals surface area contributed by atoms with Gasteiger partial charge >= 0.3 is 6.09 Å². The molecule has 0 aliphatic carbocycles. The largest absolute Gasteiger partial charge is 0.444 e. The van der Waals surface area contributed by atoms with Crippen LogP contribution in [0.4, 0.5) is 4.79 Å². The van der Waals surface area contributed by atoms with Gasteiger partial charge in [-0.15, -0.1) is 0 Å². The molecule has 1 rings (SSSR count). The standard InChI is InChI=1S/C16H23NO3/c1-11-8-6-7-9-13(11)14(18)10-12(2)17-15(19)20-16(3,4)5/h6-9,12H,10H2,1-5H3,(H,17,19). The molecule has 1 N–H and O–H groups in total. The number of alkyl carbamates (subject to hydrolysis) is 1. The van der Waals surface area contributed by atoms with E-state index >= 15 is 0 Å². The number of amides is 1. The second-order valence-electron chi connectivity index (χ2n) is 5.99. The molecule has 1 aromatic carbocycles. The van der Waals surface area contributed by atoms with E-state index in [1.165, 1.54) is 0 Å². The number of benzene rings is 1. The molecule has 0 saturated heterocycles. The van der Waals surface area contributed by atoms with Crippen molar-refractivity contribution >= 4 is 11.9 Å². The molecule has 0 radical (unpaired) electrons. The average Bonchev–Trinajstić information content (AvgIpc) is 2.25. The second-order valence-corrected chi connectivity index (χ2v) is 5.99. The first-order valence-electron chi connectivity index (χ1n) is 6.77. The van der Waals surface area contributed by atoms with Crippen LogP contribution in [0.3, 0.4) is 0 Å². The summed E-state index contributed by atoms with van der Waals surface area (Å²) in [6.45, 7) is 9.10. The summed E-state index contributed by atoms with van der Waals surface area (Å²) in [4.78, 5) is 23.8. The molecule has 0 aromatic heterocycles. The number of aryl methyl sites for hydroxylation is 1. The van der Waals surface area contributed by atoms with E-state index in [1.54, 1.807) is 33.8 Å². The molecule has 0 aliphatic rings. The number of ether oxygens (including phenoxy) is 1. The first-order chi connectivity index (χ1) is 9.19. The first-order valence-corrected chi connectivity index (χ1v) is 6.77. The predicted octanol–water partition coefficient (Wildman–Crippen LogP) is 3.48. The summed E-state index contributed by atoms with van der Waals surface area (Å²) in [6.07, 6.45) is -0.244. The second kappa shape index (κ2) is 6.55. The van der Waals surface area contributed by atoms with Crippen LogP contribution < -0.4 is 5.32 Å². The van der Waals surface area contributed by atoms with Gasteiger partial charge in [0.15, 0.2) is 5.78 Å². The maximum atomic E-state index is 12.2. The molecular formula is C16H23NO3. The molecule has 1 atom stereocenters. The zero-order chi connectivity index (χ0) is 15.3. The number of nitrogens with one attached hydrogen (secondary N) is 1. The lowest BCUT2D eigenvalue weighted by molar-refractivity contribution is 0.0506. The monoisotopic (exact) mass is 277 g/mol. The molecular weight excluding hydrogens is 254 g/mol. The predicted molar refractivity (Wildman–Crippen MR) is 79.0 cm³/mol. The molecule has 4 nitrogen and oxygen atoms in total. The molecule has 1 unspecified atom stereocenters. The topological polar surface area (TPSA) is 55.4 Å². The van der Waals surface area contributed by atoms with Crippen molar-refractivity contribution in [1.29, 1.82) is 0 Å². The Morgan fingerprint density at radius 2 is 1.85 bits per heavy atom. The van der Waals surface area contributed by atoms with Gasteiger partial charge in [0, 0.05) is 18.0 Å². The van der Waals surface area contributed by atoms with E-state index in [2.05, 4.69) is 5.32 Å². The normalized spacial score (nSPS) is 12.7. The zero-order valence-electron chi connectivity index (χ0n) is 12.8. The highest BCUT2D eigenvalue weighted by molar-refractivity contribution is 5.97. The Balaban J connectivity index is 2.55. The number of ketones is 1. The molecule has 0 bridgehead atoms. The van der Waals surface area contributed by atoms with Crippen LogP contribution in [0.1, 0.15) is 50.0 Å². The molecule has 0 aliphatic heterocycles. The Morgan fingerprint density at radius 1 is 1.25 bits per heavy atom. The lowest BCUT2D eigenvalue weighted by Gasteiger charge is -2.21. The van der Waals surface area contributed by atoms with E-state index in [0.717, 1.165) is 5.56 Å². The molecule has 20 heavy (non-hydrogen) atoms. The number of hydrogen-bond donors (Lipinski definition) is 1. The van der Waals surface area contributed by atoms with Gasteiger partial charge in [0.25, 0.3) is 0 Å². The summed E-state index contributed by atoms with van der Waals surface area (Å²) < 4.78 is 5.16. The van der Waals surface area contributed by atoms with Crippen LogP contribution in [0.2, 0.25) is 0 Å². The highest BCUT2D eigenvalue weighted by Crippen LogP contribution is 2.12. The minimum atomic E-state index is -0.538. The van der Waals surface area contributed by atoms with Gasteiger partial charge in [-0.1, -0.05) is 24.3 Å². The van der Waals surface area contributed by atoms with Crippen LogP contribution in [0.5, 0.6) is 0 Å². The van der Waals surface area contributed by atoms with Crippen molar-refractivity contribution in [3.63, 3.8) is 0 Å². The fourth-order valence-electron chi connectivity index (χ4n) is 1.83. The zero-order valence-corrected chi connectivity index (χ0v) is 12.8. The van der Waals surface area contributed by atoms with Crippen LogP contribution >= 0.6 is 0 Å². The van der Waals surface area contributed by atoms with Crippen LogP contribution in [-0.2, 0) is 4.74 Å². The van der Waals surface area contributed by atoms with E-state index in [9.17, 15) is 9.59 Å². The number of hydrogen-bond acceptors (Lipinski definition) is 3. The third-order valence-electron chi connectivity index (χ3n) is 2.70. The SMILES string of the molecule is Cc1ccccc1C(=O)CC(C)NC(=O)OC(C)(C)C. The molecule has 1 amide bonds. The van der Waals surface area contributed by atoms with Gasteiger partial charge < -0.3 is 10.1 Å². The quantitative estimate of drug-likeness (QED) is 0.857. The number of carbonyl (C=O) groups excluding carboxylic acids is 2. The molecule has 1 aromatic rings. The maximum Gasteiger partial charge on any atom is 0.407 e. The Kier molecular flexibility index (Phi) is 5.31. The Hall–Kier alpha value is -1.84. The molecule has 110 valence electrons. The fraction of sp³-hybridized carbons (Fsp3) is 0.500. The molecule has 4 heteroatoms. The lowest BCUT2D eigenvalue weighted by Crippen LogP contribution is -2.38. The van der Waals surface area contributed by atoms with Gasteiger partial charge in [-0.25, -0.2) is 4.79 Å². The van der Waals surface area contributed by atoms with Crippen molar-refractivity contribution in [3.8, 4) is 0 Å². The average molecular weight is 277 g/mol. The lowest BCUT2D eigenvalue weighted by atomic mass is 10.0. The Bertz CT molecular complexity index is 489. The molecule has 0 spiro atoms. The van der Waals surface area contributed by atoms with E-state index in [4.69, 9.17) is 4.74 Å². The Morgan fingerprint density at radius 3 is 2.40 bits per heavy atom. The van der Waals surface area contributed by atoms with Crippen molar-refractivity contribution in [2.75, 3.05) is 0 Å². The van der Waals surface area contributed by atoms with Crippen molar-refractivity contribution in [2.24, 2.45) is 0 Å². The fourth-order valence-corrected chi connectivity index (χ4v) is 1.83. The minimum Gasteiger partial charge on any atom is -0.444 e. The minimum absolute atomic E-state index is 0.0201. The van der Waals surface area contributed by atoms with Gasteiger partial charge in [0.1, 0.15) is 5.60 Å². The van der Waals surface area contributed by atoms with Crippen LogP contribution in [0.25, 0.3) is 0 Å². The van der Waals surface area contributed by atoms with Crippen LogP contribution in [0, 0.1) is 6.92 Å². The highest BCUT2D eigenvalue weighted by atomic mass is 16.6. The van der Waals surface area contributed by atoms with E-state index < -0.39 is 11.7 Å².